The van der Waals surface area contributed by atoms with E-state index < -0.39 is 10.0 Å². The number of hydrogen-bond donors (Lipinski definition) is 0. The number of aryl methyl sites for hydroxylation is 1. The van der Waals surface area contributed by atoms with Crippen LogP contribution < -0.4 is 0 Å². The largest absolute Gasteiger partial charge is 0.341 e. The van der Waals surface area contributed by atoms with E-state index in [9.17, 15) is 13.2 Å². The highest BCUT2D eigenvalue weighted by Gasteiger charge is 2.35. The first-order valence-corrected chi connectivity index (χ1v) is 8.70. The fraction of sp³-hybridized carbons (Fsp3) is 0.692. The first-order chi connectivity index (χ1) is 9.98. The lowest BCUT2D eigenvalue weighted by Crippen LogP contribution is -2.37. The Balaban J connectivity index is 1.70. The van der Waals surface area contributed by atoms with E-state index >= 15 is 0 Å². The summed E-state index contributed by atoms with van der Waals surface area (Å²) in [5, 5.41) is 3.92. The standard InChI is InChI=1S/C13H20N4O3S/c1-15-10-12(9-14-15)21(19,20)17-6-2-5-16(7-8-17)13(18)11-3-4-11/h9-11H,2-8H2,1H3. The highest BCUT2D eigenvalue weighted by atomic mass is 32.2. The zero-order chi connectivity index (χ0) is 15.0. The summed E-state index contributed by atoms with van der Waals surface area (Å²) in [6, 6.07) is 0. The minimum Gasteiger partial charge on any atom is -0.341 e. The Morgan fingerprint density at radius 3 is 2.62 bits per heavy atom. The van der Waals surface area contributed by atoms with Crippen molar-refractivity contribution in [2.24, 2.45) is 13.0 Å². The van der Waals surface area contributed by atoms with Gasteiger partial charge in [-0.25, -0.2) is 8.42 Å². The quantitative estimate of drug-likeness (QED) is 0.790. The van der Waals surface area contributed by atoms with E-state index in [2.05, 4.69) is 5.10 Å². The Morgan fingerprint density at radius 1 is 1.24 bits per heavy atom. The number of carbonyl (C=O) groups is 1. The molecule has 8 heteroatoms. The number of nitrogens with zero attached hydrogens (tertiary/aromatic N) is 4. The molecule has 0 spiro atoms. The molecule has 2 fully saturated rings. The van der Waals surface area contributed by atoms with E-state index in [1.165, 1.54) is 21.4 Å². The maximum atomic E-state index is 12.5. The number of amides is 1. The molecule has 0 N–H and O–H groups in total. The van der Waals surface area contributed by atoms with Gasteiger partial charge in [0.25, 0.3) is 0 Å². The first kappa shape index (κ1) is 14.5. The van der Waals surface area contributed by atoms with Gasteiger partial charge >= 0.3 is 0 Å². The van der Waals surface area contributed by atoms with Gasteiger partial charge in [0.15, 0.2) is 0 Å². The molecule has 0 aromatic carbocycles. The van der Waals surface area contributed by atoms with Crippen LogP contribution in [0.3, 0.4) is 0 Å². The van der Waals surface area contributed by atoms with Crippen molar-refractivity contribution in [3.8, 4) is 0 Å². The maximum Gasteiger partial charge on any atom is 0.246 e. The molecule has 1 aromatic heterocycles. The van der Waals surface area contributed by atoms with Crippen LogP contribution in [0, 0.1) is 5.92 Å². The Hall–Kier alpha value is -1.41. The van der Waals surface area contributed by atoms with Crippen molar-refractivity contribution < 1.29 is 13.2 Å². The number of rotatable bonds is 3. The van der Waals surface area contributed by atoms with Crippen LogP contribution >= 0.6 is 0 Å². The Morgan fingerprint density at radius 2 is 2.00 bits per heavy atom. The molecule has 0 radical (unpaired) electrons. The summed E-state index contributed by atoms with van der Waals surface area (Å²) in [6.07, 6.45) is 5.51. The van der Waals surface area contributed by atoms with Crippen LogP contribution in [0.4, 0.5) is 0 Å². The molecule has 1 saturated carbocycles. The number of aromatic nitrogens is 2. The smallest absolute Gasteiger partial charge is 0.246 e. The molecule has 1 aromatic rings. The number of sulfonamides is 1. The average molecular weight is 312 g/mol. The molecular formula is C13H20N4O3S. The fourth-order valence-corrected chi connectivity index (χ4v) is 4.08. The highest BCUT2D eigenvalue weighted by Crippen LogP contribution is 2.31. The van der Waals surface area contributed by atoms with Crippen molar-refractivity contribution in [3.63, 3.8) is 0 Å². The molecule has 7 nitrogen and oxygen atoms in total. The SMILES string of the molecule is Cn1cc(S(=O)(=O)N2CCCN(C(=O)C3CC3)CC2)cn1. The second-order valence-electron chi connectivity index (χ2n) is 5.71. The lowest BCUT2D eigenvalue weighted by Gasteiger charge is -2.21. The van der Waals surface area contributed by atoms with Gasteiger partial charge in [0.05, 0.1) is 6.20 Å². The van der Waals surface area contributed by atoms with Gasteiger partial charge in [-0.3, -0.25) is 9.48 Å². The van der Waals surface area contributed by atoms with Crippen LogP contribution in [0.15, 0.2) is 17.3 Å². The topological polar surface area (TPSA) is 75.5 Å². The van der Waals surface area contributed by atoms with Crippen LogP contribution in [0.1, 0.15) is 19.3 Å². The van der Waals surface area contributed by atoms with Gasteiger partial charge in [-0.1, -0.05) is 0 Å². The van der Waals surface area contributed by atoms with Crippen LogP contribution in [-0.2, 0) is 21.9 Å². The Bertz CT molecular complexity index is 636. The van der Waals surface area contributed by atoms with E-state index in [-0.39, 0.29) is 16.7 Å². The van der Waals surface area contributed by atoms with E-state index in [0.717, 1.165) is 12.8 Å². The zero-order valence-electron chi connectivity index (χ0n) is 12.1. The second kappa shape index (κ2) is 5.42. The minimum atomic E-state index is -3.51. The number of carbonyl (C=O) groups excluding carboxylic acids is 1. The molecule has 1 amide bonds. The van der Waals surface area contributed by atoms with E-state index in [0.29, 0.717) is 32.6 Å². The first-order valence-electron chi connectivity index (χ1n) is 7.26. The van der Waals surface area contributed by atoms with Crippen molar-refractivity contribution in [1.82, 2.24) is 19.0 Å². The molecule has 2 heterocycles. The molecule has 1 saturated heterocycles. The molecule has 2 aliphatic rings. The van der Waals surface area contributed by atoms with Gasteiger partial charge in [-0.2, -0.15) is 9.40 Å². The summed E-state index contributed by atoms with van der Waals surface area (Å²) in [5.74, 6) is 0.377. The normalized spacial score (nSPS) is 21.3. The molecule has 1 aliphatic carbocycles. The molecule has 3 rings (SSSR count). The van der Waals surface area contributed by atoms with Crippen LogP contribution in [0.5, 0.6) is 0 Å². The summed E-state index contributed by atoms with van der Waals surface area (Å²) in [7, 11) is -1.81. The Labute approximate surface area is 124 Å². The third-order valence-electron chi connectivity index (χ3n) is 4.01. The lowest BCUT2D eigenvalue weighted by atomic mass is 10.3. The molecule has 0 atom stereocenters. The molecular weight excluding hydrogens is 292 g/mol. The van der Waals surface area contributed by atoms with Crippen molar-refractivity contribution in [2.45, 2.75) is 24.2 Å². The molecule has 116 valence electrons. The number of hydrogen-bond acceptors (Lipinski definition) is 4. The van der Waals surface area contributed by atoms with Crippen molar-refractivity contribution in [2.75, 3.05) is 26.2 Å². The van der Waals surface area contributed by atoms with Gasteiger partial charge in [0.2, 0.25) is 15.9 Å². The molecule has 0 unspecified atom stereocenters. The second-order valence-corrected chi connectivity index (χ2v) is 7.64. The monoisotopic (exact) mass is 312 g/mol. The van der Waals surface area contributed by atoms with Crippen molar-refractivity contribution >= 4 is 15.9 Å². The third kappa shape index (κ3) is 2.96. The zero-order valence-corrected chi connectivity index (χ0v) is 12.9. The fourth-order valence-electron chi connectivity index (χ4n) is 2.62. The van der Waals surface area contributed by atoms with E-state index in [1.54, 1.807) is 7.05 Å². The third-order valence-corrected chi connectivity index (χ3v) is 5.86. The van der Waals surface area contributed by atoms with Crippen molar-refractivity contribution in [3.05, 3.63) is 12.4 Å². The predicted octanol–water partition coefficient (Wildman–Crippen LogP) is 0.0531. The minimum absolute atomic E-state index is 0.187. The summed E-state index contributed by atoms with van der Waals surface area (Å²) >= 11 is 0. The maximum absolute atomic E-state index is 12.5. The highest BCUT2D eigenvalue weighted by molar-refractivity contribution is 7.89. The summed E-state index contributed by atoms with van der Waals surface area (Å²) in [6.45, 7) is 1.94. The molecule has 21 heavy (non-hydrogen) atoms. The summed E-state index contributed by atoms with van der Waals surface area (Å²) in [5.41, 5.74) is 0. The Kier molecular flexibility index (Phi) is 3.75. The van der Waals surface area contributed by atoms with Gasteiger partial charge < -0.3 is 4.90 Å². The van der Waals surface area contributed by atoms with Crippen LogP contribution in [0.25, 0.3) is 0 Å². The van der Waals surface area contributed by atoms with Gasteiger partial charge in [0, 0.05) is 45.3 Å². The predicted molar refractivity (Wildman–Crippen MR) is 75.9 cm³/mol. The van der Waals surface area contributed by atoms with Crippen LogP contribution in [-0.4, -0.2) is 59.5 Å². The van der Waals surface area contributed by atoms with E-state index in [4.69, 9.17) is 0 Å². The molecule has 1 aliphatic heterocycles. The van der Waals surface area contributed by atoms with Gasteiger partial charge in [-0.05, 0) is 19.3 Å². The van der Waals surface area contributed by atoms with Gasteiger partial charge in [-0.15, -0.1) is 0 Å². The average Bonchev–Trinajstić information content (AvgIpc) is 3.23. The lowest BCUT2D eigenvalue weighted by molar-refractivity contribution is -0.132. The van der Waals surface area contributed by atoms with E-state index in [1.807, 2.05) is 4.90 Å². The van der Waals surface area contributed by atoms with Gasteiger partial charge in [0.1, 0.15) is 4.90 Å². The summed E-state index contributed by atoms with van der Waals surface area (Å²) in [4.78, 5) is 14.1. The summed E-state index contributed by atoms with van der Waals surface area (Å²) < 4.78 is 28.0. The van der Waals surface area contributed by atoms with Crippen molar-refractivity contribution in [1.29, 1.82) is 0 Å². The molecule has 0 bridgehead atoms. The van der Waals surface area contributed by atoms with Crippen LogP contribution in [0.2, 0.25) is 0 Å².